The summed E-state index contributed by atoms with van der Waals surface area (Å²) in [7, 11) is 0. The van der Waals surface area contributed by atoms with Crippen LogP contribution in [0.3, 0.4) is 0 Å². The molecule has 6 rings (SSSR count). The lowest BCUT2D eigenvalue weighted by Gasteiger charge is -2.18. The molecule has 0 aliphatic carbocycles. The number of H-pyrrole nitrogens is 1. The first kappa shape index (κ1) is 24.9. The van der Waals surface area contributed by atoms with Gasteiger partial charge in [0.05, 0.1) is 0 Å². The summed E-state index contributed by atoms with van der Waals surface area (Å²) < 4.78 is 14.3. The SMILES string of the molecule is N[C@@H]1CCN(c2ccc(-c3cccc(C(=O)C[C@@H](c4cc5ccccc5[nH]4)c4cc(F)ccc4O)c3)cc2)C1. The summed E-state index contributed by atoms with van der Waals surface area (Å²) in [5.74, 6) is -1.14. The van der Waals surface area contributed by atoms with Gasteiger partial charge in [0, 0.05) is 59.5 Å². The second kappa shape index (κ2) is 10.4. The smallest absolute Gasteiger partial charge is 0.163 e. The molecule has 2 heterocycles. The molecule has 1 aliphatic rings. The van der Waals surface area contributed by atoms with E-state index in [2.05, 4.69) is 34.1 Å². The number of phenols is 1. The molecule has 5 nitrogen and oxygen atoms in total. The summed E-state index contributed by atoms with van der Waals surface area (Å²) in [6.45, 7) is 1.82. The Balaban J connectivity index is 1.29. The number of fused-ring (bicyclic) bond motifs is 1. The van der Waals surface area contributed by atoms with Gasteiger partial charge >= 0.3 is 0 Å². The van der Waals surface area contributed by atoms with Crippen molar-refractivity contribution in [1.82, 2.24) is 4.98 Å². The number of aromatic nitrogens is 1. The lowest BCUT2D eigenvalue weighted by molar-refractivity contribution is 0.0977. The van der Waals surface area contributed by atoms with E-state index in [1.807, 2.05) is 48.5 Å². The number of carbonyl (C=O) groups excluding carboxylic acids is 1. The van der Waals surface area contributed by atoms with Crippen LogP contribution in [0.5, 0.6) is 5.75 Å². The van der Waals surface area contributed by atoms with Crippen molar-refractivity contribution in [3.63, 3.8) is 0 Å². The Morgan fingerprint density at radius 3 is 2.56 bits per heavy atom. The molecule has 0 bridgehead atoms. The fourth-order valence-electron chi connectivity index (χ4n) is 5.54. The Bertz CT molecular complexity index is 1610. The van der Waals surface area contributed by atoms with Gasteiger partial charge in [-0.05, 0) is 71.5 Å². The number of nitrogens with zero attached hydrogens (tertiary/aromatic N) is 1. The molecule has 1 saturated heterocycles. The molecule has 0 amide bonds. The minimum atomic E-state index is -0.546. The molecule has 4 N–H and O–H groups in total. The number of hydrogen-bond donors (Lipinski definition) is 3. The average Bonchev–Trinajstić information content (AvgIpc) is 3.59. The highest BCUT2D eigenvalue weighted by molar-refractivity contribution is 5.98. The van der Waals surface area contributed by atoms with Gasteiger partial charge in [-0.25, -0.2) is 4.39 Å². The summed E-state index contributed by atoms with van der Waals surface area (Å²) in [6.07, 6.45) is 1.07. The molecule has 4 aromatic carbocycles. The van der Waals surface area contributed by atoms with Crippen LogP contribution in [0.2, 0.25) is 0 Å². The number of rotatable bonds is 7. The minimum Gasteiger partial charge on any atom is -0.508 e. The number of phenolic OH excluding ortho intramolecular Hbond substituents is 1. The van der Waals surface area contributed by atoms with E-state index in [0.29, 0.717) is 11.1 Å². The summed E-state index contributed by atoms with van der Waals surface area (Å²) in [5.41, 5.74) is 11.8. The Morgan fingerprint density at radius 1 is 0.974 bits per heavy atom. The lowest BCUT2D eigenvalue weighted by atomic mass is 9.87. The molecule has 2 atom stereocenters. The summed E-state index contributed by atoms with van der Waals surface area (Å²) >= 11 is 0. The number of anilines is 1. The van der Waals surface area contributed by atoms with Crippen LogP contribution in [0.25, 0.3) is 22.0 Å². The van der Waals surface area contributed by atoms with Gasteiger partial charge in [0.2, 0.25) is 0 Å². The summed E-state index contributed by atoms with van der Waals surface area (Å²) in [4.78, 5) is 19.3. The van der Waals surface area contributed by atoms with Gasteiger partial charge in [0.25, 0.3) is 0 Å². The van der Waals surface area contributed by atoms with Crippen molar-refractivity contribution in [2.45, 2.75) is 24.8 Å². The topological polar surface area (TPSA) is 82.3 Å². The van der Waals surface area contributed by atoms with Gasteiger partial charge < -0.3 is 20.7 Å². The van der Waals surface area contributed by atoms with E-state index in [9.17, 15) is 14.3 Å². The Hall–Kier alpha value is -4.42. The number of aromatic hydroxyl groups is 1. The van der Waals surface area contributed by atoms with Crippen LogP contribution < -0.4 is 10.6 Å². The molecule has 6 heteroatoms. The Morgan fingerprint density at radius 2 is 1.79 bits per heavy atom. The number of halogens is 1. The van der Waals surface area contributed by atoms with Crippen molar-refractivity contribution in [1.29, 1.82) is 0 Å². The Kier molecular flexibility index (Phi) is 6.63. The van der Waals surface area contributed by atoms with Crippen molar-refractivity contribution in [2.24, 2.45) is 5.73 Å². The van der Waals surface area contributed by atoms with E-state index in [4.69, 9.17) is 5.73 Å². The van der Waals surface area contributed by atoms with Crippen LogP contribution in [0, 0.1) is 5.82 Å². The van der Waals surface area contributed by atoms with E-state index in [1.165, 1.54) is 18.2 Å². The predicted molar refractivity (Wildman–Crippen MR) is 154 cm³/mol. The average molecular weight is 520 g/mol. The molecule has 0 radical (unpaired) electrons. The van der Waals surface area contributed by atoms with E-state index in [1.54, 1.807) is 6.07 Å². The maximum absolute atomic E-state index is 14.3. The van der Waals surface area contributed by atoms with Crippen LogP contribution in [0.1, 0.15) is 40.4 Å². The van der Waals surface area contributed by atoms with Crippen LogP contribution in [0.15, 0.2) is 97.1 Å². The molecule has 5 aromatic rings. The van der Waals surface area contributed by atoms with Crippen molar-refractivity contribution in [3.05, 3.63) is 120 Å². The number of ketones is 1. The maximum atomic E-state index is 14.3. The van der Waals surface area contributed by atoms with Crippen LogP contribution in [0.4, 0.5) is 10.1 Å². The molecule has 196 valence electrons. The maximum Gasteiger partial charge on any atom is 0.163 e. The Labute approximate surface area is 226 Å². The number of Topliss-reactive ketones (excluding diaryl/α,β-unsaturated/α-hetero) is 1. The third kappa shape index (κ3) is 5.16. The van der Waals surface area contributed by atoms with E-state index >= 15 is 0 Å². The molecule has 39 heavy (non-hydrogen) atoms. The van der Waals surface area contributed by atoms with Gasteiger partial charge in [-0.1, -0.05) is 48.5 Å². The molecule has 1 fully saturated rings. The highest BCUT2D eigenvalue weighted by Crippen LogP contribution is 2.37. The van der Waals surface area contributed by atoms with Crippen molar-refractivity contribution in [2.75, 3.05) is 18.0 Å². The molecule has 1 aromatic heterocycles. The monoisotopic (exact) mass is 519 g/mol. The quantitative estimate of drug-likeness (QED) is 0.211. The largest absolute Gasteiger partial charge is 0.508 e. The number of carbonyl (C=O) groups is 1. The first-order valence-electron chi connectivity index (χ1n) is 13.2. The fraction of sp³-hybridized carbons (Fsp3) is 0.182. The highest BCUT2D eigenvalue weighted by Gasteiger charge is 2.25. The zero-order chi connectivity index (χ0) is 26.9. The number of hydrogen-bond acceptors (Lipinski definition) is 4. The molecular weight excluding hydrogens is 489 g/mol. The van der Waals surface area contributed by atoms with Crippen molar-refractivity contribution >= 4 is 22.4 Å². The predicted octanol–water partition coefficient (Wildman–Crippen LogP) is 6.62. The zero-order valence-electron chi connectivity index (χ0n) is 21.5. The van der Waals surface area contributed by atoms with Gasteiger partial charge in [-0.15, -0.1) is 0 Å². The summed E-state index contributed by atoms with van der Waals surface area (Å²) in [6, 6.07) is 29.8. The molecular formula is C33H30FN3O2. The van der Waals surface area contributed by atoms with Gasteiger partial charge in [-0.2, -0.15) is 0 Å². The molecule has 0 unspecified atom stereocenters. The van der Waals surface area contributed by atoms with Crippen LogP contribution in [-0.4, -0.2) is 35.0 Å². The fourth-order valence-corrected chi connectivity index (χ4v) is 5.54. The number of nitrogens with one attached hydrogen (secondary N) is 1. The highest BCUT2D eigenvalue weighted by atomic mass is 19.1. The number of aromatic amines is 1. The number of para-hydroxylation sites is 1. The second-order valence-corrected chi connectivity index (χ2v) is 10.3. The van der Waals surface area contributed by atoms with Gasteiger partial charge in [0.15, 0.2) is 5.78 Å². The summed E-state index contributed by atoms with van der Waals surface area (Å²) in [5, 5.41) is 11.6. The minimum absolute atomic E-state index is 0.0411. The number of benzene rings is 4. The van der Waals surface area contributed by atoms with E-state index in [0.717, 1.165) is 52.9 Å². The first-order chi connectivity index (χ1) is 18.9. The molecule has 0 spiro atoms. The zero-order valence-corrected chi connectivity index (χ0v) is 21.5. The van der Waals surface area contributed by atoms with E-state index < -0.39 is 11.7 Å². The third-order valence-corrected chi connectivity index (χ3v) is 7.66. The van der Waals surface area contributed by atoms with Crippen LogP contribution in [-0.2, 0) is 0 Å². The lowest BCUT2D eigenvalue weighted by Crippen LogP contribution is -2.26. The molecule has 0 saturated carbocycles. The van der Waals surface area contributed by atoms with Gasteiger partial charge in [-0.3, -0.25) is 4.79 Å². The van der Waals surface area contributed by atoms with Crippen molar-refractivity contribution < 1.29 is 14.3 Å². The first-order valence-corrected chi connectivity index (χ1v) is 13.2. The third-order valence-electron chi connectivity index (χ3n) is 7.66. The standard InChI is InChI=1S/C33H30FN3O2/c34-25-10-13-32(38)29(18-25)28(31-17-23-4-1-2-7-30(23)36-31)19-33(39)24-6-3-5-22(16-24)21-8-11-27(12-9-21)37-15-14-26(35)20-37/h1-13,16-18,26,28,36,38H,14-15,19-20,35H2/t26-,28-/m1/s1. The van der Waals surface area contributed by atoms with Crippen LogP contribution >= 0.6 is 0 Å². The second-order valence-electron chi connectivity index (χ2n) is 10.3. The van der Waals surface area contributed by atoms with Gasteiger partial charge in [0.1, 0.15) is 11.6 Å². The normalized spacial score (nSPS) is 16.1. The molecule has 1 aliphatic heterocycles. The number of nitrogens with two attached hydrogens (primary N) is 1. The van der Waals surface area contributed by atoms with Crippen molar-refractivity contribution in [3.8, 4) is 16.9 Å². The van der Waals surface area contributed by atoms with E-state index in [-0.39, 0.29) is 24.0 Å².